The van der Waals surface area contributed by atoms with Gasteiger partial charge in [-0.3, -0.25) is 9.69 Å². The van der Waals surface area contributed by atoms with Gasteiger partial charge in [-0.25, -0.2) is 4.98 Å². The highest BCUT2D eigenvalue weighted by Gasteiger charge is 2.17. The molecule has 1 aliphatic rings. The molecule has 2 aromatic rings. The van der Waals surface area contributed by atoms with Crippen molar-refractivity contribution in [3.63, 3.8) is 0 Å². The highest BCUT2D eigenvalue weighted by atomic mass is 32.1. The fourth-order valence-electron chi connectivity index (χ4n) is 2.69. The summed E-state index contributed by atoms with van der Waals surface area (Å²) in [6.07, 6.45) is 1.83. The average molecular weight is 334 g/mol. The van der Waals surface area contributed by atoms with Gasteiger partial charge in [0.05, 0.1) is 23.9 Å². The summed E-state index contributed by atoms with van der Waals surface area (Å²) in [6.45, 7) is 8.24. The third kappa shape index (κ3) is 4.19. The molecule has 6 nitrogen and oxygen atoms in total. The fraction of sp³-hybridized carbons (Fsp3) is 0.500. The fourth-order valence-corrected chi connectivity index (χ4v) is 3.31. The molecule has 1 amide bonds. The minimum Gasteiger partial charge on any atom is -0.379 e. The number of aromatic nitrogens is 2. The van der Waals surface area contributed by atoms with Crippen LogP contribution in [-0.2, 0) is 4.74 Å². The Kier molecular flexibility index (Phi) is 5.09. The molecule has 1 atom stereocenters. The van der Waals surface area contributed by atoms with E-state index in [0.717, 1.165) is 49.1 Å². The van der Waals surface area contributed by atoms with Crippen LogP contribution in [0.2, 0.25) is 0 Å². The van der Waals surface area contributed by atoms with Gasteiger partial charge in [-0.15, -0.1) is 11.3 Å². The number of morpholine rings is 1. The number of aryl methyl sites for hydroxylation is 1. The lowest BCUT2D eigenvalue weighted by Crippen LogP contribution is -2.46. The van der Waals surface area contributed by atoms with Gasteiger partial charge in [-0.05, 0) is 19.9 Å². The molecule has 23 heavy (non-hydrogen) atoms. The van der Waals surface area contributed by atoms with Crippen molar-refractivity contribution in [2.45, 2.75) is 19.9 Å². The van der Waals surface area contributed by atoms with Gasteiger partial charge in [0, 0.05) is 42.8 Å². The first-order valence-corrected chi connectivity index (χ1v) is 8.71. The Balaban J connectivity index is 1.56. The van der Waals surface area contributed by atoms with Crippen LogP contribution in [0, 0.1) is 6.92 Å². The van der Waals surface area contributed by atoms with E-state index in [1.165, 1.54) is 0 Å². The molecule has 0 aliphatic carbocycles. The zero-order chi connectivity index (χ0) is 16.2. The second kappa shape index (κ2) is 7.25. The highest BCUT2D eigenvalue weighted by molar-refractivity contribution is 7.09. The number of hydrogen-bond donors (Lipinski definition) is 2. The van der Waals surface area contributed by atoms with E-state index in [0.29, 0.717) is 5.69 Å². The molecule has 0 spiro atoms. The lowest BCUT2D eigenvalue weighted by Gasteiger charge is -2.29. The zero-order valence-corrected chi connectivity index (χ0v) is 14.3. The number of ether oxygens (including phenoxy) is 1. The number of nitrogens with zero attached hydrogens (tertiary/aromatic N) is 2. The van der Waals surface area contributed by atoms with Crippen molar-refractivity contribution in [2.24, 2.45) is 0 Å². The van der Waals surface area contributed by atoms with Crippen molar-refractivity contribution >= 4 is 17.2 Å². The lowest BCUT2D eigenvalue weighted by molar-refractivity contribution is 0.0342. The van der Waals surface area contributed by atoms with Crippen LogP contribution in [0.3, 0.4) is 0 Å². The van der Waals surface area contributed by atoms with Gasteiger partial charge in [0.25, 0.3) is 5.91 Å². The standard InChI is InChI=1S/C16H22N4O2S/c1-11(9-20-3-5-22-6-4-20)18-16(21)14-7-13(8-17-14)15-10-23-12(2)19-15/h7-8,10-11,17H,3-6,9H2,1-2H3,(H,18,21). The molecule has 7 heteroatoms. The van der Waals surface area contributed by atoms with Crippen molar-refractivity contribution in [2.75, 3.05) is 32.8 Å². The number of thiazole rings is 1. The number of carbonyl (C=O) groups excluding carboxylic acids is 1. The summed E-state index contributed by atoms with van der Waals surface area (Å²) in [5.74, 6) is -0.0797. The van der Waals surface area contributed by atoms with E-state index in [4.69, 9.17) is 4.74 Å². The first-order valence-electron chi connectivity index (χ1n) is 7.83. The second-order valence-electron chi connectivity index (χ2n) is 5.84. The van der Waals surface area contributed by atoms with Crippen molar-refractivity contribution in [3.8, 4) is 11.3 Å². The summed E-state index contributed by atoms with van der Waals surface area (Å²) < 4.78 is 5.34. The Morgan fingerprint density at radius 1 is 1.52 bits per heavy atom. The van der Waals surface area contributed by atoms with Crippen LogP contribution in [-0.4, -0.2) is 59.7 Å². The molecule has 124 valence electrons. The van der Waals surface area contributed by atoms with Crippen molar-refractivity contribution < 1.29 is 9.53 Å². The Labute approximate surface area is 139 Å². The first kappa shape index (κ1) is 16.2. The van der Waals surface area contributed by atoms with Crippen molar-refractivity contribution in [3.05, 3.63) is 28.3 Å². The number of amides is 1. The summed E-state index contributed by atoms with van der Waals surface area (Å²) in [4.78, 5) is 22.1. The maximum atomic E-state index is 12.3. The van der Waals surface area contributed by atoms with Gasteiger partial charge in [-0.1, -0.05) is 0 Å². The maximum Gasteiger partial charge on any atom is 0.267 e. The van der Waals surface area contributed by atoms with E-state index in [9.17, 15) is 4.79 Å². The van der Waals surface area contributed by atoms with Crippen molar-refractivity contribution in [1.29, 1.82) is 0 Å². The molecular formula is C16H22N4O2S. The monoisotopic (exact) mass is 334 g/mol. The molecule has 0 radical (unpaired) electrons. The quantitative estimate of drug-likeness (QED) is 0.876. The molecule has 1 saturated heterocycles. The lowest BCUT2D eigenvalue weighted by atomic mass is 10.2. The van der Waals surface area contributed by atoms with E-state index >= 15 is 0 Å². The summed E-state index contributed by atoms with van der Waals surface area (Å²) in [6, 6.07) is 1.94. The summed E-state index contributed by atoms with van der Waals surface area (Å²) in [5.41, 5.74) is 2.42. The minimum atomic E-state index is -0.0797. The van der Waals surface area contributed by atoms with Crippen LogP contribution < -0.4 is 5.32 Å². The largest absolute Gasteiger partial charge is 0.379 e. The smallest absolute Gasteiger partial charge is 0.267 e. The molecular weight excluding hydrogens is 312 g/mol. The summed E-state index contributed by atoms with van der Waals surface area (Å²) in [5, 5.41) is 6.06. The van der Waals surface area contributed by atoms with Crippen LogP contribution in [0.15, 0.2) is 17.6 Å². The first-order chi connectivity index (χ1) is 11.1. The molecule has 3 heterocycles. The SMILES string of the molecule is Cc1nc(-c2c[nH]c(C(=O)NC(C)CN3CCOCC3)c2)cs1. The Bertz CT molecular complexity index is 661. The normalized spacial score (nSPS) is 17.1. The van der Waals surface area contributed by atoms with E-state index in [2.05, 4.69) is 20.2 Å². The Morgan fingerprint density at radius 3 is 3.00 bits per heavy atom. The predicted molar refractivity (Wildman–Crippen MR) is 90.8 cm³/mol. The van der Waals surface area contributed by atoms with Gasteiger partial charge >= 0.3 is 0 Å². The highest BCUT2D eigenvalue weighted by Crippen LogP contribution is 2.22. The summed E-state index contributed by atoms with van der Waals surface area (Å²) in [7, 11) is 0. The molecule has 0 aromatic carbocycles. The number of nitrogens with one attached hydrogen (secondary N) is 2. The van der Waals surface area contributed by atoms with E-state index in [1.807, 2.05) is 31.5 Å². The third-order valence-corrected chi connectivity index (χ3v) is 4.63. The molecule has 0 saturated carbocycles. The number of carbonyl (C=O) groups is 1. The van der Waals surface area contributed by atoms with E-state index in [-0.39, 0.29) is 11.9 Å². The maximum absolute atomic E-state index is 12.3. The molecule has 2 N–H and O–H groups in total. The summed E-state index contributed by atoms with van der Waals surface area (Å²) >= 11 is 1.61. The average Bonchev–Trinajstić information content (AvgIpc) is 3.16. The molecule has 3 rings (SSSR count). The minimum absolute atomic E-state index is 0.0797. The molecule has 2 aromatic heterocycles. The molecule has 1 aliphatic heterocycles. The van der Waals surface area contributed by atoms with E-state index < -0.39 is 0 Å². The Morgan fingerprint density at radius 2 is 2.30 bits per heavy atom. The Hall–Kier alpha value is -1.70. The van der Waals surface area contributed by atoms with E-state index in [1.54, 1.807) is 11.3 Å². The molecule has 1 unspecified atom stereocenters. The van der Waals surface area contributed by atoms with Crippen molar-refractivity contribution in [1.82, 2.24) is 20.2 Å². The van der Waals surface area contributed by atoms with Crippen LogP contribution in [0.25, 0.3) is 11.3 Å². The number of aromatic amines is 1. The van der Waals surface area contributed by atoms with Crippen LogP contribution in [0.4, 0.5) is 0 Å². The third-order valence-electron chi connectivity index (χ3n) is 3.86. The number of rotatable bonds is 5. The molecule has 0 bridgehead atoms. The van der Waals surface area contributed by atoms with Crippen LogP contribution >= 0.6 is 11.3 Å². The van der Waals surface area contributed by atoms with Gasteiger partial charge in [0.2, 0.25) is 0 Å². The second-order valence-corrected chi connectivity index (χ2v) is 6.90. The van der Waals surface area contributed by atoms with Gasteiger partial charge in [0.1, 0.15) is 5.69 Å². The number of hydrogen-bond acceptors (Lipinski definition) is 5. The topological polar surface area (TPSA) is 70.2 Å². The number of H-pyrrole nitrogens is 1. The van der Waals surface area contributed by atoms with Crippen LogP contribution in [0.5, 0.6) is 0 Å². The van der Waals surface area contributed by atoms with Gasteiger partial charge in [-0.2, -0.15) is 0 Å². The predicted octanol–water partition coefficient (Wildman–Crippen LogP) is 1.90. The van der Waals surface area contributed by atoms with Crippen LogP contribution in [0.1, 0.15) is 22.4 Å². The zero-order valence-electron chi connectivity index (χ0n) is 13.5. The molecule has 1 fully saturated rings. The van der Waals surface area contributed by atoms with Gasteiger partial charge in [0.15, 0.2) is 0 Å². The van der Waals surface area contributed by atoms with Gasteiger partial charge < -0.3 is 15.0 Å².